The number of carbonyl (C=O) groups is 3. The van der Waals surface area contributed by atoms with Crippen molar-refractivity contribution in [2.75, 3.05) is 0 Å². The SMILES string of the molecule is CC(=O)NC(CCC(N)=O)C(=O)O.[Cl-].[Na+]. The number of aliphatic carboxylic acids is 1. The van der Waals surface area contributed by atoms with Gasteiger partial charge in [-0.2, -0.15) is 0 Å². The summed E-state index contributed by atoms with van der Waals surface area (Å²) in [7, 11) is 0. The standard InChI is InChI=1S/C7H12N2O4.ClH.Na/c1-4(10)9-5(7(12)13)2-3-6(8)11;;/h5H,2-3H2,1H3,(H2,8,11)(H,9,10)(H,12,13);1H;/q;;+1/p-1. The average molecular weight is 247 g/mol. The molecular formula is C7H12ClN2NaO4. The van der Waals surface area contributed by atoms with Crippen LogP contribution in [0, 0.1) is 0 Å². The summed E-state index contributed by atoms with van der Waals surface area (Å²) in [5, 5.41) is 10.8. The molecular weight excluding hydrogens is 235 g/mol. The van der Waals surface area contributed by atoms with Crippen LogP contribution < -0.4 is 53.0 Å². The summed E-state index contributed by atoms with van der Waals surface area (Å²) in [6.45, 7) is 1.21. The van der Waals surface area contributed by atoms with Gasteiger partial charge in [-0.1, -0.05) is 0 Å². The Labute approximate surface area is 116 Å². The van der Waals surface area contributed by atoms with Crippen molar-refractivity contribution in [1.82, 2.24) is 5.32 Å². The molecule has 0 heterocycles. The minimum absolute atomic E-state index is 0. The van der Waals surface area contributed by atoms with E-state index in [4.69, 9.17) is 10.8 Å². The number of primary amides is 1. The summed E-state index contributed by atoms with van der Waals surface area (Å²) in [6.07, 6.45) is -0.0402. The zero-order chi connectivity index (χ0) is 10.4. The molecule has 0 radical (unpaired) electrons. The topological polar surface area (TPSA) is 109 Å². The quantitative estimate of drug-likeness (QED) is 0.419. The molecule has 0 saturated heterocycles. The van der Waals surface area contributed by atoms with Gasteiger partial charge in [-0.3, -0.25) is 9.59 Å². The van der Waals surface area contributed by atoms with E-state index in [0.717, 1.165) is 0 Å². The summed E-state index contributed by atoms with van der Waals surface area (Å²) in [5.74, 6) is -2.20. The molecule has 0 aromatic rings. The Hall–Kier alpha value is -0.300. The van der Waals surface area contributed by atoms with Crippen LogP contribution in [0.4, 0.5) is 0 Å². The smallest absolute Gasteiger partial charge is 1.00 e. The van der Waals surface area contributed by atoms with Gasteiger partial charge in [0.15, 0.2) is 0 Å². The number of nitrogens with two attached hydrogens (primary N) is 1. The van der Waals surface area contributed by atoms with Gasteiger partial charge in [0.2, 0.25) is 11.8 Å². The summed E-state index contributed by atoms with van der Waals surface area (Å²) >= 11 is 0. The first-order chi connectivity index (χ1) is 5.93. The van der Waals surface area contributed by atoms with E-state index in [1.165, 1.54) is 6.92 Å². The van der Waals surface area contributed by atoms with E-state index in [9.17, 15) is 14.4 Å². The second kappa shape index (κ2) is 10.2. The maximum Gasteiger partial charge on any atom is 1.00 e. The van der Waals surface area contributed by atoms with Gasteiger partial charge in [0, 0.05) is 13.3 Å². The van der Waals surface area contributed by atoms with E-state index in [1.54, 1.807) is 0 Å². The van der Waals surface area contributed by atoms with Crippen molar-refractivity contribution in [1.29, 1.82) is 0 Å². The van der Waals surface area contributed by atoms with E-state index in [-0.39, 0.29) is 54.8 Å². The van der Waals surface area contributed by atoms with Gasteiger partial charge in [0.1, 0.15) is 6.04 Å². The zero-order valence-corrected chi connectivity index (χ0v) is 11.4. The van der Waals surface area contributed by atoms with Gasteiger partial charge in [-0.25, -0.2) is 4.79 Å². The van der Waals surface area contributed by atoms with Crippen molar-refractivity contribution >= 4 is 17.8 Å². The molecule has 0 spiro atoms. The van der Waals surface area contributed by atoms with Gasteiger partial charge in [-0.15, -0.1) is 0 Å². The molecule has 0 saturated carbocycles. The van der Waals surface area contributed by atoms with Crippen LogP contribution in [0.5, 0.6) is 0 Å². The van der Waals surface area contributed by atoms with Crippen LogP contribution in [0.25, 0.3) is 0 Å². The Kier molecular flexibility index (Phi) is 13.7. The number of amides is 2. The molecule has 82 valence electrons. The first-order valence-corrected chi connectivity index (χ1v) is 3.71. The fourth-order valence-electron chi connectivity index (χ4n) is 0.789. The van der Waals surface area contributed by atoms with Crippen molar-refractivity contribution in [3.63, 3.8) is 0 Å². The van der Waals surface area contributed by atoms with Gasteiger partial charge in [0.25, 0.3) is 0 Å². The summed E-state index contributed by atoms with van der Waals surface area (Å²) in [5.41, 5.74) is 4.83. The largest absolute Gasteiger partial charge is 1.00 e. The van der Waals surface area contributed by atoms with Crippen molar-refractivity contribution in [2.45, 2.75) is 25.8 Å². The van der Waals surface area contributed by atoms with E-state index < -0.39 is 23.8 Å². The molecule has 2 amide bonds. The maximum absolute atomic E-state index is 10.5. The minimum Gasteiger partial charge on any atom is -1.00 e. The number of carboxylic acid groups (broad SMARTS) is 1. The molecule has 0 aliphatic carbocycles. The monoisotopic (exact) mass is 246 g/mol. The molecule has 8 heteroatoms. The van der Waals surface area contributed by atoms with Gasteiger partial charge in [0.05, 0.1) is 0 Å². The van der Waals surface area contributed by atoms with Crippen LogP contribution >= 0.6 is 0 Å². The molecule has 6 nitrogen and oxygen atoms in total. The average Bonchev–Trinajstić information content (AvgIpc) is 1.96. The summed E-state index contributed by atoms with van der Waals surface area (Å²) < 4.78 is 0. The molecule has 0 fully saturated rings. The molecule has 1 atom stereocenters. The number of carbonyl (C=O) groups excluding carboxylic acids is 2. The third kappa shape index (κ3) is 11.6. The first-order valence-electron chi connectivity index (χ1n) is 3.71. The van der Waals surface area contributed by atoms with E-state index in [2.05, 4.69) is 5.32 Å². The summed E-state index contributed by atoms with van der Waals surface area (Å²) in [4.78, 5) is 31.3. The Bertz CT molecular complexity index is 237. The van der Waals surface area contributed by atoms with Crippen LogP contribution in [0.3, 0.4) is 0 Å². The van der Waals surface area contributed by atoms with Gasteiger partial charge < -0.3 is 28.6 Å². The minimum atomic E-state index is -1.17. The molecule has 0 aliphatic rings. The second-order valence-corrected chi connectivity index (χ2v) is 2.60. The number of rotatable bonds is 5. The molecule has 1 unspecified atom stereocenters. The van der Waals surface area contributed by atoms with E-state index in [0.29, 0.717) is 0 Å². The normalized spacial score (nSPS) is 10.2. The van der Waals surface area contributed by atoms with Crippen molar-refractivity contribution in [3.8, 4) is 0 Å². The van der Waals surface area contributed by atoms with Crippen LogP contribution in [-0.4, -0.2) is 28.9 Å². The molecule has 15 heavy (non-hydrogen) atoms. The summed E-state index contributed by atoms with van der Waals surface area (Å²) in [6, 6.07) is -1.04. The fourth-order valence-corrected chi connectivity index (χ4v) is 0.789. The Morgan fingerprint density at radius 1 is 1.40 bits per heavy atom. The van der Waals surface area contributed by atoms with Crippen LogP contribution in [0.1, 0.15) is 19.8 Å². The van der Waals surface area contributed by atoms with E-state index in [1.807, 2.05) is 0 Å². The zero-order valence-electron chi connectivity index (χ0n) is 8.62. The first kappa shape index (κ1) is 20.2. The molecule has 0 aromatic heterocycles. The molecule has 0 rings (SSSR count). The van der Waals surface area contributed by atoms with Crippen molar-refractivity contribution < 1.29 is 61.5 Å². The number of hydrogen-bond donors (Lipinski definition) is 3. The van der Waals surface area contributed by atoms with Crippen LogP contribution in [0.15, 0.2) is 0 Å². The molecule has 0 aromatic carbocycles. The van der Waals surface area contributed by atoms with Gasteiger partial charge in [-0.05, 0) is 6.42 Å². The number of nitrogens with one attached hydrogen (secondary N) is 1. The third-order valence-electron chi connectivity index (χ3n) is 1.36. The maximum atomic E-state index is 10.5. The second-order valence-electron chi connectivity index (χ2n) is 2.60. The van der Waals surface area contributed by atoms with Crippen molar-refractivity contribution in [3.05, 3.63) is 0 Å². The molecule has 4 N–H and O–H groups in total. The van der Waals surface area contributed by atoms with Gasteiger partial charge >= 0.3 is 35.5 Å². The number of carboxylic acids is 1. The Morgan fingerprint density at radius 3 is 2.13 bits per heavy atom. The fraction of sp³-hybridized carbons (Fsp3) is 0.571. The van der Waals surface area contributed by atoms with Crippen LogP contribution in [-0.2, 0) is 14.4 Å². The van der Waals surface area contributed by atoms with E-state index >= 15 is 0 Å². The predicted octanol–water partition coefficient (Wildman–Crippen LogP) is -7.15. The third-order valence-corrected chi connectivity index (χ3v) is 1.36. The predicted molar refractivity (Wildman–Crippen MR) is 43.7 cm³/mol. The molecule has 0 bridgehead atoms. The number of halogens is 1. The van der Waals surface area contributed by atoms with Crippen LogP contribution in [0.2, 0.25) is 0 Å². The van der Waals surface area contributed by atoms with Crippen molar-refractivity contribution in [2.24, 2.45) is 5.73 Å². The number of hydrogen-bond acceptors (Lipinski definition) is 3. The Morgan fingerprint density at radius 2 is 1.87 bits per heavy atom. The molecule has 0 aliphatic heterocycles. The Balaban J connectivity index is -0.000000720.